The van der Waals surface area contributed by atoms with Gasteiger partial charge < -0.3 is 29.9 Å². The number of benzene rings is 3. The van der Waals surface area contributed by atoms with Crippen molar-refractivity contribution < 1.29 is 19.4 Å². The van der Waals surface area contributed by atoms with E-state index in [0.717, 1.165) is 34.0 Å². The van der Waals surface area contributed by atoms with E-state index in [-0.39, 0.29) is 30.2 Å². The van der Waals surface area contributed by atoms with Crippen LogP contribution >= 0.6 is 12.2 Å². The number of aromatic nitrogens is 2. The molecular weight excluding hydrogens is 586 g/mol. The molecule has 2 unspecified atom stereocenters. The Bertz CT molecular complexity index is 1840. The number of nitrogens with zero attached hydrogens (tertiary/aromatic N) is 3. The Kier molecular flexibility index (Phi) is 8.30. The molecule has 1 aliphatic heterocycles. The standard InChI is InChI=1S/C35H31N5O4S/c1-22-20-29(23(2)39(22)26-15-11-24(12-16-26)34(42)43)33-32(30-10-6-7-19-36-30)38-35(45)40(33)27-17-13-25(14-18-27)37-31(41)21-44-28-8-4-3-5-9-28/h3-20,32-33H,21H2,1-2H3,(H,37,41)(H,38,45)(H,42,43). The van der Waals surface area contributed by atoms with Crippen LogP contribution in [-0.2, 0) is 4.79 Å². The molecular formula is C35H31N5O4S. The number of para-hydroxylation sites is 1. The summed E-state index contributed by atoms with van der Waals surface area (Å²) >= 11 is 5.91. The van der Waals surface area contributed by atoms with Crippen molar-refractivity contribution in [2.75, 3.05) is 16.8 Å². The number of aromatic carboxylic acids is 1. The molecule has 1 aliphatic rings. The highest BCUT2D eigenvalue weighted by atomic mass is 32.1. The number of nitrogens with one attached hydrogen (secondary N) is 2. The molecule has 0 radical (unpaired) electrons. The zero-order valence-electron chi connectivity index (χ0n) is 24.7. The molecule has 10 heteroatoms. The molecule has 3 aromatic carbocycles. The summed E-state index contributed by atoms with van der Waals surface area (Å²) in [7, 11) is 0. The number of amides is 1. The number of carbonyl (C=O) groups excluding carboxylic acids is 1. The van der Waals surface area contributed by atoms with E-state index in [0.29, 0.717) is 16.5 Å². The molecule has 9 nitrogen and oxygen atoms in total. The fraction of sp³-hybridized carbons (Fsp3) is 0.143. The van der Waals surface area contributed by atoms with Gasteiger partial charge >= 0.3 is 5.97 Å². The number of hydrogen-bond donors (Lipinski definition) is 3. The zero-order chi connectivity index (χ0) is 31.5. The van der Waals surface area contributed by atoms with E-state index in [4.69, 9.17) is 17.0 Å². The Balaban J connectivity index is 1.30. The monoisotopic (exact) mass is 617 g/mol. The fourth-order valence-corrected chi connectivity index (χ4v) is 6.10. The van der Waals surface area contributed by atoms with Gasteiger partial charge in [-0.1, -0.05) is 24.3 Å². The summed E-state index contributed by atoms with van der Waals surface area (Å²) in [5.74, 6) is -0.598. The van der Waals surface area contributed by atoms with Crippen LogP contribution in [0.3, 0.4) is 0 Å². The van der Waals surface area contributed by atoms with E-state index in [1.54, 1.807) is 30.5 Å². The summed E-state index contributed by atoms with van der Waals surface area (Å²) < 4.78 is 7.68. The van der Waals surface area contributed by atoms with Gasteiger partial charge in [-0.2, -0.15) is 0 Å². The van der Waals surface area contributed by atoms with E-state index in [1.165, 1.54) is 0 Å². The third-order valence-corrected chi connectivity index (χ3v) is 8.12. The third kappa shape index (κ3) is 6.13. The summed E-state index contributed by atoms with van der Waals surface area (Å²) in [6.45, 7) is 3.98. The number of carbonyl (C=O) groups is 2. The molecule has 3 N–H and O–H groups in total. The molecule has 226 valence electrons. The average Bonchev–Trinajstić information content (AvgIpc) is 3.55. The maximum atomic E-state index is 12.5. The summed E-state index contributed by atoms with van der Waals surface area (Å²) in [4.78, 5) is 30.7. The van der Waals surface area contributed by atoms with Crippen molar-refractivity contribution in [3.8, 4) is 11.4 Å². The van der Waals surface area contributed by atoms with Crippen LogP contribution < -0.4 is 20.3 Å². The first-order valence-electron chi connectivity index (χ1n) is 14.4. The summed E-state index contributed by atoms with van der Waals surface area (Å²) in [5.41, 5.74) is 6.49. The van der Waals surface area contributed by atoms with E-state index in [9.17, 15) is 14.7 Å². The first kappa shape index (κ1) is 29.6. The molecule has 0 spiro atoms. The molecule has 1 amide bonds. The number of carboxylic acid groups (broad SMARTS) is 1. The lowest BCUT2D eigenvalue weighted by Gasteiger charge is -2.28. The minimum atomic E-state index is -0.964. The van der Waals surface area contributed by atoms with Crippen molar-refractivity contribution in [1.82, 2.24) is 14.9 Å². The van der Waals surface area contributed by atoms with Crippen molar-refractivity contribution in [2.24, 2.45) is 0 Å². The Morgan fingerprint density at radius 1 is 0.933 bits per heavy atom. The van der Waals surface area contributed by atoms with Crippen LogP contribution in [0.25, 0.3) is 5.69 Å². The fourth-order valence-electron chi connectivity index (χ4n) is 5.75. The predicted octanol–water partition coefficient (Wildman–Crippen LogP) is 6.38. The molecule has 0 saturated carbocycles. The minimum absolute atomic E-state index is 0.103. The molecule has 1 saturated heterocycles. The number of aryl methyl sites for hydroxylation is 1. The first-order valence-corrected chi connectivity index (χ1v) is 14.8. The van der Waals surface area contributed by atoms with Crippen LogP contribution in [0.5, 0.6) is 5.75 Å². The summed E-state index contributed by atoms with van der Waals surface area (Å²) in [6, 6.07) is 31.1. The lowest BCUT2D eigenvalue weighted by Crippen LogP contribution is -2.29. The van der Waals surface area contributed by atoms with Crippen molar-refractivity contribution in [3.05, 3.63) is 138 Å². The van der Waals surface area contributed by atoms with Crippen molar-refractivity contribution >= 4 is 40.6 Å². The highest BCUT2D eigenvalue weighted by Crippen LogP contribution is 2.44. The molecule has 0 aliphatic carbocycles. The topological polar surface area (TPSA) is 109 Å². The lowest BCUT2D eigenvalue weighted by molar-refractivity contribution is -0.118. The Morgan fingerprint density at radius 2 is 1.62 bits per heavy atom. The largest absolute Gasteiger partial charge is 0.484 e. The molecule has 45 heavy (non-hydrogen) atoms. The molecule has 3 heterocycles. The summed E-state index contributed by atoms with van der Waals surface area (Å²) in [5, 5.41) is 16.3. The zero-order valence-corrected chi connectivity index (χ0v) is 25.5. The van der Waals surface area contributed by atoms with Gasteiger partial charge in [0.05, 0.1) is 23.3 Å². The van der Waals surface area contributed by atoms with Crippen LogP contribution in [0.15, 0.2) is 109 Å². The average molecular weight is 618 g/mol. The van der Waals surface area contributed by atoms with Crippen LogP contribution in [-0.4, -0.2) is 38.3 Å². The molecule has 5 aromatic rings. The predicted molar refractivity (Wildman–Crippen MR) is 177 cm³/mol. The Labute approximate surface area is 266 Å². The number of rotatable bonds is 9. The molecule has 2 aromatic heterocycles. The second kappa shape index (κ2) is 12.6. The van der Waals surface area contributed by atoms with E-state index in [2.05, 4.69) is 38.1 Å². The normalized spacial score (nSPS) is 15.9. The highest BCUT2D eigenvalue weighted by molar-refractivity contribution is 7.80. The van der Waals surface area contributed by atoms with Gasteiger partial charge in [-0.15, -0.1) is 0 Å². The van der Waals surface area contributed by atoms with Crippen molar-refractivity contribution in [2.45, 2.75) is 25.9 Å². The van der Waals surface area contributed by atoms with E-state index >= 15 is 0 Å². The maximum absolute atomic E-state index is 12.5. The summed E-state index contributed by atoms with van der Waals surface area (Å²) in [6.07, 6.45) is 1.77. The van der Waals surface area contributed by atoms with Gasteiger partial charge in [0.25, 0.3) is 5.91 Å². The Hall–Kier alpha value is -5.48. The highest BCUT2D eigenvalue weighted by Gasteiger charge is 2.42. The quantitative estimate of drug-likeness (QED) is 0.164. The SMILES string of the molecule is Cc1cc(C2C(c3ccccn3)NC(=S)N2c2ccc(NC(=O)COc3ccccc3)cc2)c(C)n1-c1ccc(C(=O)O)cc1. The number of hydrogen-bond acceptors (Lipinski definition) is 5. The number of ether oxygens (including phenoxy) is 1. The van der Waals surface area contributed by atoms with Crippen LogP contribution in [0.2, 0.25) is 0 Å². The van der Waals surface area contributed by atoms with Crippen LogP contribution in [0.1, 0.15) is 45.1 Å². The number of anilines is 2. The van der Waals surface area contributed by atoms with Gasteiger partial charge in [-0.05, 0) is 110 Å². The number of pyridine rings is 1. The van der Waals surface area contributed by atoms with E-state index in [1.807, 2.05) is 79.7 Å². The number of thiocarbonyl (C=S) groups is 1. The van der Waals surface area contributed by atoms with Crippen molar-refractivity contribution in [1.29, 1.82) is 0 Å². The van der Waals surface area contributed by atoms with Gasteiger partial charge in [-0.3, -0.25) is 9.78 Å². The Morgan fingerprint density at radius 3 is 2.29 bits per heavy atom. The number of carboxylic acids is 1. The maximum Gasteiger partial charge on any atom is 0.335 e. The van der Waals surface area contributed by atoms with Crippen molar-refractivity contribution in [3.63, 3.8) is 0 Å². The second-order valence-corrected chi connectivity index (χ2v) is 11.1. The molecule has 2 atom stereocenters. The van der Waals surface area contributed by atoms with Gasteiger partial charge in [0, 0.05) is 34.6 Å². The van der Waals surface area contributed by atoms with Gasteiger partial charge in [-0.25, -0.2) is 4.79 Å². The van der Waals surface area contributed by atoms with Gasteiger partial charge in [0.2, 0.25) is 0 Å². The lowest BCUT2D eigenvalue weighted by atomic mass is 9.96. The van der Waals surface area contributed by atoms with Gasteiger partial charge in [0.1, 0.15) is 5.75 Å². The molecule has 0 bridgehead atoms. The molecule has 6 rings (SSSR count). The minimum Gasteiger partial charge on any atom is -0.484 e. The smallest absolute Gasteiger partial charge is 0.335 e. The van der Waals surface area contributed by atoms with Crippen LogP contribution in [0.4, 0.5) is 11.4 Å². The third-order valence-electron chi connectivity index (χ3n) is 7.80. The second-order valence-electron chi connectivity index (χ2n) is 10.7. The first-order chi connectivity index (χ1) is 21.8. The van der Waals surface area contributed by atoms with E-state index < -0.39 is 5.97 Å². The molecule has 1 fully saturated rings. The van der Waals surface area contributed by atoms with Gasteiger partial charge in [0.15, 0.2) is 11.7 Å². The van der Waals surface area contributed by atoms with Crippen LogP contribution in [0, 0.1) is 13.8 Å².